The number of fused-ring (bicyclic) bond motifs is 1. The zero-order valence-electron chi connectivity index (χ0n) is 22.5. The maximum atomic E-state index is 15.0. The fourth-order valence-corrected chi connectivity index (χ4v) is 4.58. The Bertz CT molecular complexity index is 1970. The van der Waals surface area contributed by atoms with Crippen molar-refractivity contribution in [3.8, 4) is 23.0 Å². The molecule has 6 aromatic rings. The lowest BCUT2D eigenvalue weighted by molar-refractivity contribution is 0.102. The van der Waals surface area contributed by atoms with Crippen LogP contribution in [0.15, 0.2) is 79.6 Å². The molecule has 0 aliphatic rings. The maximum absolute atomic E-state index is 15.0. The molecular formula is C31H25FN8O. The van der Waals surface area contributed by atoms with Gasteiger partial charge < -0.3 is 10.6 Å². The van der Waals surface area contributed by atoms with Crippen molar-refractivity contribution in [2.24, 2.45) is 7.05 Å². The fraction of sp³-hybridized carbons (Fsp3) is 0.0968. The minimum atomic E-state index is -0.615. The number of carbonyl (C=O) groups is 1. The molecule has 0 saturated carbocycles. The second kappa shape index (κ2) is 10.5. The number of aromatic amines is 1. The number of nitrogens with one attached hydrogen (secondary N) is 3. The van der Waals surface area contributed by atoms with Crippen LogP contribution >= 0.6 is 0 Å². The average molecular weight is 545 g/mol. The fourth-order valence-electron chi connectivity index (χ4n) is 4.58. The number of carbonyl (C=O) groups excluding carboxylic acids is 1. The normalized spacial score (nSPS) is 10.8. The molecule has 2 aromatic carbocycles. The van der Waals surface area contributed by atoms with Gasteiger partial charge in [-0.25, -0.2) is 9.37 Å². The Morgan fingerprint density at radius 2 is 1.90 bits per heavy atom. The first-order chi connectivity index (χ1) is 19.8. The molecular weight excluding hydrogens is 519 g/mol. The van der Waals surface area contributed by atoms with Crippen LogP contribution in [0.1, 0.15) is 32.7 Å². The topological polar surface area (TPSA) is 105 Å². The first-order valence-corrected chi connectivity index (χ1v) is 12.8. The monoisotopic (exact) mass is 544 g/mol. The third kappa shape index (κ3) is 5.29. The summed E-state index contributed by atoms with van der Waals surface area (Å²) in [6, 6.07) is 12.3. The number of hydrogen-bond donors (Lipinski definition) is 3. The third-order valence-corrected chi connectivity index (χ3v) is 6.57. The highest BCUT2D eigenvalue weighted by molar-refractivity contribution is 6.05. The van der Waals surface area contributed by atoms with E-state index >= 15 is 0 Å². The van der Waals surface area contributed by atoms with Gasteiger partial charge in [-0.3, -0.25) is 19.0 Å². The van der Waals surface area contributed by atoms with Gasteiger partial charge in [0.05, 0.1) is 35.5 Å². The molecule has 10 heteroatoms. The number of nitrogens with zero attached hydrogens (tertiary/aromatic N) is 5. The van der Waals surface area contributed by atoms with Gasteiger partial charge in [-0.15, -0.1) is 0 Å². The Labute approximate surface area is 235 Å². The lowest BCUT2D eigenvalue weighted by atomic mass is 10.0. The van der Waals surface area contributed by atoms with E-state index in [2.05, 4.69) is 42.8 Å². The molecule has 0 atom stereocenters. The summed E-state index contributed by atoms with van der Waals surface area (Å²) in [5.74, 6) is 5.05. The predicted molar refractivity (Wildman–Crippen MR) is 156 cm³/mol. The van der Waals surface area contributed by atoms with Crippen LogP contribution in [0.4, 0.5) is 21.5 Å². The Balaban J connectivity index is 1.28. The van der Waals surface area contributed by atoms with Gasteiger partial charge in [0.25, 0.3) is 5.91 Å². The van der Waals surface area contributed by atoms with E-state index in [9.17, 15) is 9.18 Å². The quantitative estimate of drug-likeness (QED) is 0.245. The van der Waals surface area contributed by atoms with Crippen molar-refractivity contribution in [1.82, 2.24) is 29.4 Å². The number of amides is 1. The van der Waals surface area contributed by atoms with Gasteiger partial charge in [0.1, 0.15) is 11.5 Å². The summed E-state index contributed by atoms with van der Waals surface area (Å²) in [4.78, 5) is 17.7. The molecule has 0 spiro atoms. The Morgan fingerprint density at radius 1 is 1.02 bits per heavy atom. The third-order valence-electron chi connectivity index (χ3n) is 6.57. The molecule has 4 aromatic heterocycles. The number of imidazole rings is 1. The number of pyridine rings is 1. The summed E-state index contributed by atoms with van der Waals surface area (Å²) in [6.07, 6.45) is 10.6. The van der Waals surface area contributed by atoms with Crippen LogP contribution in [-0.2, 0) is 7.05 Å². The van der Waals surface area contributed by atoms with E-state index in [0.717, 1.165) is 28.1 Å². The van der Waals surface area contributed by atoms with Crippen molar-refractivity contribution in [2.75, 3.05) is 10.6 Å². The molecule has 4 heterocycles. The van der Waals surface area contributed by atoms with E-state index in [4.69, 9.17) is 0 Å². The van der Waals surface area contributed by atoms with Gasteiger partial charge in [0, 0.05) is 42.5 Å². The molecule has 0 unspecified atom stereocenters. The molecule has 0 bridgehead atoms. The molecule has 41 heavy (non-hydrogen) atoms. The molecule has 9 nitrogen and oxygen atoms in total. The van der Waals surface area contributed by atoms with Crippen molar-refractivity contribution in [3.05, 3.63) is 113 Å². The molecule has 0 fully saturated rings. The Kier molecular flexibility index (Phi) is 6.53. The minimum absolute atomic E-state index is 0.0888. The molecule has 202 valence electrons. The summed E-state index contributed by atoms with van der Waals surface area (Å²) in [5.41, 5.74) is 7.35. The van der Waals surface area contributed by atoms with Gasteiger partial charge in [0.15, 0.2) is 5.65 Å². The van der Waals surface area contributed by atoms with E-state index in [1.54, 1.807) is 36.4 Å². The summed E-state index contributed by atoms with van der Waals surface area (Å²) in [5, 5.41) is 17.0. The predicted octanol–water partition coefficient (Wildman–Crippen LogP) is 5.61. The molecule has 3 N–H and O–H groups in total. The molecule has 0 aliphatic carbocycles. The number of H-pyrrole nitrogens is 1. The van der Waals surface area contributed by atoms with Crippen molar-refractivity contribution in [3.63, 3.8) is 0 Å². The van der Waals surface area contributed by atoms with E-state index in [-0.39, 0.29) is 5.56 Å². The number of benzene rings is 2. The molecule has 0 saturated heterocycles. The number of aromatic nitrogens is 6. The Hall–Kier alpha value is -5.69. The van der Waals surface area contributed by atoms with Crippen LogP contribution in [0.3, 0.4) is 0 Å². The van der Waals surface area contributed by atoms with E-state index < -0.39 is 11.7 Å². The lowest BCUT2D eigenvalue weighted by Crippen LogP contribution is -2.14. The second-order valence-electron chi connectivity index (χ2n) is 9.71. The summed E-state index contributed by atoms with van der Waals surface area (Å²) in [7, 11) is 1.84. The Morgan fingerprint density at radius 3 is 2.68 bits per heavy atom. The molecule has 0 radical (unpaired) electrons. The first kappa shape index (κ1) is 25.6. The van der Waals surface area contributed by atoms with E-state index in [1.807, 2.05) is 61.1 Å². The van der Waals surface area contributed by atoms with Crippen molar-refractivity contribution < 1.29 is 9.18 Å². The molecule has 0 aliphatic heterocycles. The highest BCUT2D eigenvalue weighted by Crippen LogP contribution is 2.26. The highest BCUT2D eigenvalue weighted by Gasteiger charge is 2.16. The standard InChI is InChI=1S/C31H25FN8O/c1-19-9-22(23-14-36-39(3)18-23)12-24(10-19)38-31(41)27-13-21(20(2)11-28(27)32)6-7-26-17-33-30-29(5-4-8-40(26)30)37-25-15-34-35-16-25/h4-5,8-18,37H,1-3H3,(H,34,35)(H,38,41). The second-order valence-corrected chi connectivity index (χ2v) is 9.71. The summed E-state index contributed by atoms with van der Waals surface area (Å²) < 4.78 is 18.6. The number of hydrogen-bond acceptors (Lipinski definition) is 5. The number of rotatable bonds is 5. The largest absolute Gasteiger partial charge is 0.350 e. The van der Waals surface area contributed by atoms with Crippen LogP contribution in [0.2, 0.25) is 0 Å². The van der Waals surface area contributed by atoms with Crippen molar-refractivity contribution >= 4 is 28.6 Å². The molecule has 1 amide bonds. The van der Waals surface area contributed by atoms with Gasteiger partial charge in [-0.1, -0.05) is 12.0 Å². The van der Waals surface area contributed by atoms with Crippen LogP contribution in [0.5, 0.6) is 0 Å². The molecule has 6 rings (SSSR count). The van der Waals surface area contributed by atoms with Gasteiger partial charge >= 0.3 is 0 Å². The van der Waals surface area contributed by atoms with Crippen LogP contribution in [0, 0.1) is 31.5 Å². The number of anilines is 3. The van der Waals surface area contributed by atoms with Crippen LogP contribution < -0.4 is 10.6 Å². The van der Waals surface area contributed by atoms with Crippen LogP contribution in [-0.4, -0.2) is 35.3 Å². The van der Waals surface area contributed by atoms with E-state index in [0.29, 0.717) is 28.2 Å². The zero-order chi connectivity index (χ0) is 28.5. The first-order valence-electron chi connectivity index (χ1n) is 12.8. The van der Waals surface area contributed by atoms with Gasteiger partial charge in [0.2, 0.25) is 0 Å². The van der Waals surface area contributed by atoms with E-state index in [1.165, 1.54) is 12.1 Å². The average Bonchev–Trinajstić information content (AvgIpc) is 3.70. The minimum Gasteiger partial charge on any atom is -0.350 e. The number of aryl methyl sites for hydroxylation is 3. The summed E-state index contributed by atoms with van der Waals surface area (Å²) >= 11 is 0. The SMILES string of the molecule is Cc1cc(NC(=O)c2cc(C#Cc3cnc4c(Nc5cn[nH]c5)cccn34)c(C)cc2F)cc(-c2cnn(C)c2)c1. The summed E-state index contributed by atoms with van der Waals surface area (Å²) in [6.45, 7) is 3.70. The van der Waals surface area contributed by atoms with Crippen molar-refractivity contribution in [1.29, 1.82) is 0 Å². The zero-order valence-corrected chi connectivity index (χ0v) is 22.5. The lowest BCUT2D eigenvalue weighted by Gasteiger charge is -2.10. The van der Waals surface area contributed by atoms with Gasteiger partial charge in [-0.2, -0.15) is 10.2 Å². The smallest absolute Gasteiger partial charge is 0.258 e. The van der Waals surface area contributed by atoms with Gasteiger partial charge in [-0.05, 0) is 72.9 Å². The number of halogens is 1. The van der Waals surface area contributed by atoms with Crippen LogP contribution in [0.25, 0.3) is 16.8 Å². The highest BCUT2D eigenvalue weighted by atomic mass is 19.1. The van der Waals surface area contributed by atoms with Crippen molar-refractivity contribution in [2.45, 2.75) is 13.8 Å². The maximum Gasteiger partial charge on any atom is 0.258 e.